The Morgan fingerprint density at radius 3 is 2.38 bits per heavy atom. The Bertz CT molecular complexity index is 578. The minimum Gasteiger partial charge on any atom is -0.491 e. The molecule has 0 aliphatic heterocycles. The van der Waals surface area contributed by atoms with E-state index in [1.54, 1.807) is 24.3 Å². The molecule has 0 radical (unpaired) electrons. The number of alkyl halides is 1. The lowest BCUT2D eigenvalue weighted by Gasteiger charge is -2.16. The summed E-state index contributed by atoms with van der Waals surface area (Å²) in [6, 6.07) is 19.2. The van der Waals surface area contributed by atoms with Crippen molar-refractivity contribution in [3.8, 4) is 11.8 Å². The van der Waals surface area contributed by atoms with E-state index in [1.165, 1.54) is 0 Å². The summed E-state index contributed by atoms with van der Waals surface area (Å²) in [5.74, 6) is 0.739. The van der Waals surface area contributed by atoms with Gasteiger partial charge >= 0.3 is 0 Å². The van der Waals surface area contributed by atoms with Crippen LogP contribution < -0.4 is 4.74 Å². The molecule has 4 heteroatoms. The molecule has 0 N–H and O–H groups in total. The maximum atomic E-state index is 8.75. The van der Waals surface area contributed by atoms with E-state index in [2.05, 4.69) is 22.0 Å². The van der Waals surface area contributed by atoms with Crippen LogP contribution in [0.25, 0.3) is 0 Å². The van der Waals surface area contributed by atoms with Gasteiger partial charge < -0.3 is 9.47 Å². The van der Waals surface area contributed by atoms with Crippen LogP contribution >= 0.6 is 15.9 Å². The van der Waals surface area contributed by atoms with E-state index in [9.17, 15) is 0 Å². The minimum atomic E-state index is -0.0270. The van der Waals surface area contributed by atoms with Gasteiger partial charge in [-0.3, -0.25) is 0 Å². The van der Waals surface area contributed by atoms with Crippen LogP contribution in [0.2, 0.25) is 0 Å². The van der Waals surface area contributed by atoms with E-state index in [0.29, 0.717) is 24.1 Å². The highest BCUT2D eigenvalue weighted by atomic mass is 79.9. The predicted octanol–water partition coefficient (Wildman–Crippen LogP) is 3.92. The first kappa shape index (κ1) is 15.6. The van der Waals surface area contributed by atoms with E-state index in [4.69, 9.17) is 14.7 Å². The molecule has 0 spiro atoms. The Labute approximate surface area is 133 Å². The summed E-state index contributed by atoms with van der Waals surface area (Å²) in [5, 5.41) is 9.45. The lowest BCUT2D eigenvalue weighted by atomic mass is 10.2. The molecular formula is C17H16BrNO2. The van der Waals surface area contributed by atoms with Crippen molar-refractivity contribution in [1.82, 2.24) is 0 Å². The monoisotopic (exact) mass is 345 g/mol. The molecule has 0 heterocycles. The van der Waals surface area contributed by atoms with Crippen molar-refractivity contribution in [2.45, 2.75) is 12.7 Å². The molecule has 21 heavy (non-hydrogen) atoms. The molecule has 0 aliphatic carbocycles. The molecule has 2 aromatic carbocycles. The van der Waals surface area contributed by atoms with Crippen molar-refractivity contribution in [2.24, 2.45) is 0 Å². The second-order valence-electron chi connectivity index (χ2n) is 4.52. The van der Waals surface area contributed by atoms with Gasteiger partial charge in [-0.05, 0) is 29.8 Å². The zero-order valence-corrected chi connectivity index (χ0v) is 13.1. The van der Waals surface area contributed by atoms with Gasteiger partial charge in [0.2, 0.25) is 0 Å². The van der Waals surface area contributed by atoms with Gasteiger partial charge in [-0.15, -0.1) is 0 Å². The molecular weight excluding hydrogens is 330 g/mol. The highest BCUT2D eigenvalue weighted by Crippen LogP contribution is 2.13. The molecule has 2 aromatic rings. The van der Waals surface area contributed by atoms with Crippen LogP contribution in [0.5, 0.6) is 5.75 Å². The van der Waals surface area contributed by atoms with Crippen LogP contribution in [0.15, 0.2) is 54.6 Å². The number of nitriles is 1. The van der Waals surface area contributed by atoms with Crippen LogP contribution in [0.4, 0.5) is 0 Å². The fourth-order valence-electron chi connectivity index (χ4n) is 1.74. The SMILES string of the molecule is N#Cc1ccc(OCC(CBr)OCc2ccccc2)cc1. The predicted molar refractivity (Wildman–Crippen MR) is 85.5 cm³/mol. The standard InChI is InChI=1S/C17H16BrNO2/c18-10-17(20-12-15-4-2-1-3-5-15)13-21-16-8-6-14(11-19)7-9-16/h1-9,17H,10,12-13H2. The maximum absolute atomic E-state index is 8.75. The largest absolute Gasteiger partial charge is 0.491 e. The summed E-state index contributed by atoms with van der Waals surface area (Å²) in [5.41, 5.74) is 1.77. The van der Waals surface area contributed by atoms with E-state index in [-0.39, 0.29) is 6.10 Å². The highest BCUT2D eigenvalue weighted by Gasteiger charge is 2.09. The van der Waals surface area contributed by atoms with Crippen LogP contribution in [0.1, 0.15) is 11.1 Å². The number of halogens is 1. The molecule has 0 amide bonds. The van der Waals surface area contributed by atoms with Gasteiger partial charge in [0.25, 0.3) is 0 Å². The second-order valence-corrected chi connectivity index (χ2v) is 5.17. The first-order valence-electron chi connectivity index (χ1n) is 6.66. The number of rotatable bonds is 7. The van der Waals surface area contributed by atoms with Gasteiger partial charge in [-0.2, -0.15) is 5.26 Å². The highest BCUT2D eigenvalue weighted by molar-refractivity contribution is 9.09. The Morgan fingerprint density at radius 1 is 1.05 bits per heavy atom. The Balaban J connectivity index is 1.80. The van der Waals surface area contributed by atoms with Crippen LogP contribution in [-0.4, -0.2) is 18.0 Å². The molecule has 2 rings (SSSR count). The molecule has 0 saturated heterocycles. The summed E-state index contributed by atoms with van der Waals surface area (Å²) in [6.07, 6.45) is -0.0270. The average molecular weight is 346 g/mol. The van der Waals surface area contributed by atoms with Crippen LogP contribution in [-0.2, 0) is 11.3 Å². The smallest absolute Gasteiger partial charge is 0.119 e. The number of hydrogen-bond acceptors (Lipinski definition) is 3. The molecule has 0 aliphatic rings. The molecule has 0 fully saturated rings. The van der Waals surface area contributed by atoms with Crippen molar-refractivity contribution >= 4 is 15.9 Å². The van der Waals surface area contributed by atoms with Crippen molar-refractivity contribution in [1.29, 1.82) is 5.26 Å². The van der Waals surface area contributed by atoms with Crippen molar-refractivity contribution in [2.75, 3.05) is 11.9 Å². The zero-order valence-electron chi connectivity index (χ0n) is 11.5. The number of nitrogens with zero attached hydrogens (tertiary/aromatic N) is 1. The fourth-order valence-corrected chi connectivity index (χ4v) is 2.11. The topological polar surface area (TPSA) is 42.2 Å². The Morgan fingerprint density at radius 2 is 1.76 bits per heavy atom. The lowest BCUT2D eigenvalue weighted by Crippen LogP contribution is -2.23. The zero-order chi connectivity index (χ0) is 14.9. The third-order valence-corrected chi connectivity index (χ3v) is 3.64. The molecule has 108 valence electrons. The second kappa shape index (κ2) is 8.46. The van der Waals surface area contributed by atoms with Crippen LogP contribution in [0.3, 0.4) is 0 Å². The molecule has 0 saturated carbocycles. The normalized spacial score (nSPS) is 11.6. The van der Waals surface area contributed by atoms with Crippen molar-refractivity contribution in [3.05, 3.63) is 65.7 Å². The lowest BCUT2D eigenvalue weighted by molar-refractivity contribution is 0.0251. The third kappa shape index (κ3) is 5.22. The Hall–Kier alpha value is -1.83. The van der Waals surface area contributed by atoms with E-state index < -0.39 is 0 Å². The minimum absolute atomic E-state index is 0.0270. The average Bonchev–Trinajstić information content (AvgIpc) is 2.56. The summed E-state index contributed by atoms with van der Waals surface area (Å²) in [7, 11) is 0. The number of benzene rings is 2. The van der Waals surface area contributed by atoms with Crippen molar-refractivity contribution < 1.29 is 9.47 Å². The van der Waals surface area contributed by atoms with Crippen LogP contribution in [0, 0.1) is 11.3 Å². The summed E-state index contributed by atoms with van der Waals surface area (Å²) >= 11 is 3.44. The molecule has 1 atom stereocenters. The van der Waals surface area contributed by atoms with E-state index in [1.807, 2.05) is 30.3 Å². The van der Waals surface area contributed by atoms with E-state index in [0.717, 1.165) is 11.3 Å². The quantitative estimate of drug-likeness (QED) is 0.714. The third-order valence-electron chi connectivity index (χ3n) is 2.92. The van der Waals surface area contributed by atoms with Gasteiger partial charge in [-0.25, -0.2) is 0 Å². The van der Waals surface area contributed by atoms with Gasteiger partial charge in [0.1, 0.15) is 18.5 Å². The van der Waals surface area contributed by atoms with Crippen molar-refractivity contribution in [3.63, 3.8) is 0 Å². The molecule has 1 unspecified atom stereocenters. The first-order chi connectivity index (χ1) is 10.3. The Kier molecular flexibility index (Phi) is 6.26. The number of hydrogen-bond donors (Lipinski definition) is 0. The fraction of sp³-hybridized carbons (Fsp3) is 0.235. The summed E-state index contributed by atoms with van der Waals surface area (Å²) in [6.45, 7) is 1.03. The maximum Gasteiger partial charge on any atom is 0.119 e. The summed E-state index contributed by atoms with van der Waals surface area (Å²) in [4.78, 5) is 0. The van der Waals surface area contributed by atoms with Gasteiger partial charge in [0.15, 0.2) is 0 Å². The molecule has 3 nitrogen and oxygen atoms in total. The van der Waals surface area contributed by atoms with Gasteiger partial charge in [-0.1, -0.05) is 46.3 Å². The van der Waals surface area contributed by atoms with Gasteiger partial charge in [0.05, 0.1) is 18.2 Å². The first-order valence-corrected chi connectivity index (χ1v) is 7.78. The summed E-state index contributed by atoms with van der Waals surface area (Å²) < 4.78 is 11.5. The van der Waals surface area contributed by atoms with Gasteiger partial charge in [0, 0.05) is 5.33 Å². The number of ether oxygens (including phenoxy) is 2. The molecule has 0 aromatic heterocycles. The molecule has 0 bridgehead atoms. The van der Waals surface area contributed by atoms with E-state index >= 15 is 0 Å².